The third-order valence-electron chi connectivity index (χ3n) is 2.46. The molecule has 0 bridgehead atoms. The number of rotatable bonds is 3. The van der Waals surface area contributed by atoms with Crippen LogP contribution in [0, 0.1) is 0 Å². The summed E-state index contributed by atoms with van der Waals surface area (Å²) in [4.78, 5) is 1.36. The van der Waals surface area contributed by atoms with Crippen molar-refractivity contribution in [1.29, 1.82) is 0 Å². The molecular weight excluding hydrogens is 178 g/mol. The Bertz CT molecular complexity index is 281. The molecule has 13 heavy (non-hydrogen) atoms. The lowest BCUT2D eigenvalue weighted by Crippen LogP contribution is -2.00. The van der Waals surface area contributed by atoms with Crippen LogP contribution in [-0.4, -0.2) is 11.8 Å². The smallest absolute Gasteiger partial charge is 0.0115 e. The van der Waals surface area contributed by atoms with Gasteiger partial charge in [-0.05, 0) is 29.9 Å². The van der Waals surface area contributed by atoms with Crippen LogP contribution in [0.25, 0.3) is 0 Å². The van der Waals surface area contributed by atoms with E-state index in [1.165, 1.54) is 16.9 Å². The van der Waals surface area contributed by atoms with E-state index in [2.05, 4.69) is 31.2 Å². The summed E-state index contributed by atoms with van der Waals surface area (Å²) in [6.45, 7) is 2.18. The second-order valence-electron chi connectivity index (χ2n) is 3.51. The molecule has 1 aromatic rings. The summed E-state index contributed by atoms with van der Waals surface area (Å²) < 4.78 is 0. The van der Waals surface area contributed by atoms with E-state index in [0.29, 0.717) is 12.0 Å². The van der Waals surface area contributed by atoms with E-state index < -0.39 is 0 Å². The lowest BCUT2D eigenvalue weighted by molar-refractivity contribution is 0.988. The normalized spacial score (nSPS) is 26.0. The molecule has 2 N–H and O–H groups in total. The van der Waals surface area contributed by atoms with Crippen molar-refractivity contribution in [2.75, 3.05) is 5.75 Å². The summed E-state index contributed by atoms with van der Waals surface area (Å²) in [7, 11) is 0. The Morgan fingerprint density at radius 3 is 2.46 bits per heavy atom. The van der Waals surface area contributed by atoms with E-state index in [1.54, 1.807) is 0 Å². The number of hydrogen-bond acceptors (Lipinski definition) is 2. The minimum atomic E-state index is 0.421. The van der Waals surface area contributed by atoms with Gasteiger partial charge in [-0.2, -0.15) is 0 Å². The molecule has 0 aliphatic heterocycles. The van der Waals surface area contributed by atoms with E-state index in [0.717, 1.165) is 5.75 Å². The molecule has 2 rings (SSSR count). The highest BCUT2D eigenvalue weighted by molar-refractivity contribution is 7.99. The van der Waals surface area contributed by atoms with E-state index in [1.807, 2.05) is 11.8 Å². The fourth-order valence-corrected chi connectivity index (χ4v) is 2.24. The van der Waals surface area contributed by atoms with Gasteiger partial charge in [-0.15, -0.1) is 11.8 Å². The fraction of sp³-hybridized carbons (Fsp3) is 0.455. The van der Waals surface area contributed by atoms with Crippen molar-refractivity contribution in [3.05, 3.63) is 29.8 Å². The molecule has 0 saturated heterocycles. The number of benzene rings is 1. The van der Waals surface area contributed by atoms with Crippen LogP contribution in [-0.2, 0) is 0 Å². The first kappa shape index (κ1) is 9.10. The molecule has 1 fully saturated rings. The quantitative estimate of drug-likeness (QED) is 0.747. The van der Waals surface area contributed by atoms with Crippen molar-refractivity contribution in [3.63, 3.8) is 0 Å². The second kappa shape index (κ2) is 3.72. The van der Waals surface area contributed by atoms with Gasteiger partial charge in [0.15, 0.2) is 0 Å². The van der Waals surface area contributed by atoms with Crippen molar-refractivity contribution in [2.45, 2.75) is 30.2 Å². The Morgan fingerprint density at radius 1 is 1.38 bits per heavy atom. The molecule has 0 heterocycles. The maximum atomic E-state index is 5.79. The summed E-state index contributed by atoms with van der Waals surface area (Å²) in [5.41, 5.74) is 7.20. The van der Waals surface area contributed by atoms with E-state index in [-0.39, 0.29) is 0 Å². The number of hydrogen-bond donors (Lipinski definition) is 1. The van der Waals surface area contributed by atoms with Gasteiger partial charge in [-0.1, -0.05) is 19.1 Å². The summed E-state index contributed by atoms with van der Waals surface area (Å²) in [6.07, 6.45) is 1.17. The molecule has 0 radical (unpaired) electrons. The maximum absolute atomic E-state index is 5.79. The van der Waals surface area contributed by atoms with Crippen LogP contribution in [0.3, 0.4) is 0 Å². The van der Waals surface area contributed by atoms with Crippen molar-refractivity contribution >= 4 is 11.8 Å². The largest absolute Gasteiger partial charge is 0.327 e. The van der Waals surface area contributed by atoms with Gasteiger partial charge in [0.1, 0.15) is 0 Å². The SMILES string of the molecule is CCSc1ccc(C2CC2N)cc1. The first-order chi connectivity index (χ1) is 6.31. The Balaban J connectivity index is 2.06. The predicted molar refractivity (Wildman–Crippen MR) is 58.2 cm³/mol. The monoisotopic (exact) mass is 193 g/mol. The second-order valence-corrected chi connectivity index (χ2v) is 4.85. The Kier molecular flexibility index (Phi) is 2.61. The zero-order chi connectivity index (χ0) is 9.26. The number of thioether (sulfide) groups is 1. The molecule has 2 heteroatoms. The van der Waals surface area contributed by atoms with Crippen molar-refractivity contribution in [3.8, 4) is 0 Å². The van der Waals surface area contributed by atoms with Crippen molar-refractivity contribution in [1.82, 2.24) is 0 Å². The van der Waals surface area contributed by atoms with E-state index in [9.17, 15) is 0 Å². The predicted octanol–water partition coefficient (Wildman–Crippen LogP) is 2.61. The van der Waals surface area contributed by atoms with Crippen LogP contribution >= 0.6 is 11.8 Å². The first-order valence-electron chi connectivity index (χ1n) is 4.79. The van der Waals surface area contributed by atoms with Gasteiger partial charge in [0.2, 0.25) is 0 Å². The molecule has 0 spiro atoms. The standard InChI is InChI=1S/C11H15NS/c1-2-13-9-5-3-8(4-6-9)10-7-11(10)12/h3-6,10-11H,2,7,12H2,1H3. The average molecular weight is 193 g/mol. The molecule has 70 valence electrons. The molecular formula is C11H15NS. The van der Waals surface area contributed by atoms with E-state index in [4.69, 9.17) is 5.73 Å². The highest BCUT2D eigenvalue weighted by atomic mass is 32.2. The van der Waals surface area contributed by atoms with Crippen LogP contribution in [0.2, 0.25) is 0 Å². The molecule has 0 amide bonds. The minimum Gasteiger partial charge on any atom is -0.327 e. The summed E-state index contributed by atoms with van der Waals surface area (Å²) in [6, 6.07) is 9.26. The molecule has 1 aliphatic carbocycles. The van der Waals surface area contributed by atoms with Crippen LogP contribution in [0.15, 0.2) is 29.2 Å². The Morgan fingerprint density at radius 2 is 2.00 bits per heavy atom. The number of nitrogens with two attached hydrogens (primary N) is 1. The van der Waals surface area contributed by atoms with Gasteiger partial charge in [0, 0.05) is 16.9 Å². The van der Waals surface area contributed by atoms with Gasteiger partial charge in [-0.3, -0.25) is 0 Å². The van der Waals surface area contributed by atoms with Gasteiger partial charge in [-0.25, -0.2) is 0 Å². The van der Waals surface area contributed by atoms with Crippen molar-refractivity contribution in [2.24, 2.45) is 5.73 Å². The molecule has 1 saturated carbocycles. The van der Waals surface area contributed by atoms with Crippen LogP contribution < -0.4 is 5.73 Å². The molecule has 2 unspecified atom stereocenters. The Labute approximate surface area is 83.7 Å². The van der Waals surface area contributed by atoms with Crippen LogP contribution in [0.4, 0.5) is 0 Å². The lowest BCUT2D eigenvalue weighted by atomic mass is 10.1. The molecule has 2 atom stereocenters. The third kappa shape index (κ3) is 2.06. The molecule has 0 aromatic heterocycles. The molecule has 1 nitrogen and oxygen atoms in total. The van der Waals surface area contributed by atoms with Gasteiger partial charge in [0.05, 0.1) is 0 Å². The Hall–Kier alpha value is -0.470. The van der Waals surface area contributed by atoms with Gasteiger partial charge in [0.25, 0.3) is 0 Å². The molecule has 1 aliphatic rings. The van der Waals surface area contributed by atoms with Gasteiger partial charge >= 0.3 is 0 Å². The van der Waals surface area contributed by atoms with Crippen LogP contribution in [0.1, 0.15) is 24.8 Å². The summed E-state index contributed by atoms with van der Waals surface area (Å²) >= 11 is 1.89. The van der Waals surface area contributed by atoms with Crippen LogP contribution in [0.5, 0.6) is 0 Å². The zero-order valence-electron chi connectivity index (χ0n) is 7.86. The first-order valence-corrected chi connectivity index (χ1v) is 5.78. The van der Waals surface area contributed by atoms with Gasteiger partial charge < -0.3 is 5.73 Å². The highest BCUT2D eigenvalue weighted by Crippen LogP contribution is 2.39. The maximum Gasteiger partial charge on any atom is 0.0115 e. The van der Waals surface area contributed by atoms with Crippen molar-refractivity contribution < 1.29 is 0 Å². The summed E-state index contributed by atoms with van der Waals surface area (Å²) in [5, 5.41) is 0. The lowest BCUT2D eigenvalue weighted by Gasteiger charge is -2.01. The average Bonchev–Trinajstić information content (AvgIpc) is 2.85. The third-order valence-corrected chi connectivity index (χ3v) is 3.35. The topological polar surface area (TPSA) is 26.0 Å². The molecule has 1 aromatic carbocycles. The fourth-order valence-electron chi connectivity index (χ4n) is 1.58. The van der Waals surface area contributed by atoms with E-state index >= 15 is 0 Å². The minimum absolute atomic E-state index is 0.421. The zero-order valence-corrected chi connectivity index (χ0v) is 8.68. The summed E-state index contributed by atoms with van der Waals surface area (Å²) in [5.74, 6) is 1.78. The highest BCUT2D eigenvalue weighted by Gasteiger charge is 2.34.